The van der Waals surface area contributed by atoms with Crippen molar-refractivity contribution in [1.29, 1.82) is 0 Å². The van der Waals surface area contributed by atoms with Crippen molar-refractivity contribution in [3.8, 4) is 24.2 Å². The Hall–Kier alpha value is -1.46. The lowest BCUT2D eigenvalue weighted by molar-refractivity contribution is -0.0782. The van der Waals surface area contributed by atoms with Gasteiger partial charge in [-0.15, -0.1) is 6.42 Å². The minimum atomic E-state index is -0.947. The first kappa shape index (κ1) is 20.5. The summed E-state index contributed by atoms with van der Waals surface area (Å²) in [6.07, 6.45) is 9.41. The minimum Gasteiger partial charge on any atom is -0.469 e. The molecule has 0 aliphatic heterocycles. The van der Waals surface area contributed by atoms with Crippen LogP contribution in [0.1, 0.15) is 52.4 Å². The molecule has 0 amide bonds. The molecule has 0 aliphatic rings. The average molecular weight is 308 g/mol. The highest BCUT2D eigenvalue weighted by Gasteiger charge is 2.12. The minimum absolute atomic E-state index is 0.0835. The van der Waals surface area contributed by atoms with E-state index in [1.165, 1.54) is 12.5 Å². The number of ether oxygens (including phenoxy) is 1. The molecule has 4 nitrogen and oxygen atoms in total. The van der Waals surface area contributed by atoms with Crippen molar-refractivity contribution >= 4 is 0 Å². The van der Waals surface area contributed by atoms with E-state index in [2.05, 4.69) is 31.6 Å². The molecule has 0 fully saturated rings. The van der Waals surface area contributed by atoms with Gasteiger partial charge < -0.3 is 20.1 Å². The van der Waals surface area contributed by atoms with Crippen molar-refractivity contribution in [1.82, 2.24) is 0 Å². The maximum atomic E-state index is 9.87. The van der Waals surface area contributed by atoms with Crippen LogP contribution in [0.5, 0.6) is 0 Å². The maximum Gasteiger partial charge on any atom is 0.196 e. The Morgan fingerprint density at radius 3 is 2.45 bits per heavy atom. The summed E-state index contributed by atoms with van der Waals surface area (Å²) in [7, 11) is 0. The first-order chi connectivity index (χ1) is 10.5. The third kappa shape index (κ3) is 12.3. The highest BCUT2D eigenvalue weighted by molar-refractivity contribution is 5.29. The fraction of sp³-hybridized carbons (Fsp3) is 0.667. The van der Waals surface area contributed by atoms with Crippen molar-refractivity contribution in [2.24, 2.45) is 5.92 Å². The molecule has 4 heteroatoms. The fourth-order valence-corrected chi connectivity index (χ4v) is 1.88. The van der Waals surface area contributed by atoms with Crippen molar-refractivity contribution in [2.45, 2.75) is 64.8 Å². The van der Waals surface area contributed by atoms with Crippen LogP contribution >= 0.6 is 0 Å². The zero-order valence-electron chi connectivity index (χ0n) is 13.6. The second kappa shape index (κ2) is 13.2. The molecule has 0 saturated carbocycles. The number of terminal acetylenes is 1. The van der Waals surface area contributed by atoms with Crippen LogP contribution in [-0.2, 0) is 4.74 Å². The van der Waals surface area contributed by atoms with E-state index < -0.39 is 12.4 Å². The van der Waals surface area contributed by atoms with Gasteiger partial charge in [0.2, 0.25) is 0 Å². The van der Waals surface area contributed by atoms with E-state index in [0.29, 0.717) is 18.1 Å². The molecule has 0 aromatic carbocycles. The zero-order valence-corrected chi connectivity index (χ0v) is 13.6. The number of aliphatic hydroxyl groups excluding tert-OH is 3. The highest BCUT2D eigenvalue weighted by atomic mass is 16.6. The topological polar surface area (TPSA) is 69.9 Å². The molecule has 0 rings (SSSR count). The highest BCUT2D eigenvalue weighted by Crippen LogP contribution is 2.15. The van der Waals surface area contributed by atoms with Gasteiger partial charge in [-0.3, -0.25) is 0 Å². The smallest absolute Gasteiger partial charge is 0.196 e. The van der Waals surface area contributed by atoms with Crippen LogP contribution in [0, 0.1) is 30.1 Å². The number of rotatable bonds is 11. The number of hydrogen-bond acceptors (Lipinski definition) is 4. The Morgan fingerprint density at radius 1 is 1.18 bits per heavy atom. The Bertz CT molecular complexity index is 409. The molecular formula is C18H28O4. The summed E-state index contributed by atoms with van der Waals surface area (Å²) in [4.78, 5) is 0. The van der Waals surface area contributed by atoms with E-state index in [1.54, 1.807) is 0 Å². The van der Waals surface area contributed by atoms with E-state index in [-0.39, 0.29) is 13.0 Å². The van der Waals surface area contributed by atoms with Gasteiger partial charge in [0.25, 0.3) is 0 Å². The van der Waals surface area contributed by atoms with Crippen molar-refractivity contribution < 1.29 is 20.1 Å². The first-order valence-corrected chi connectivity index (χ1v) is 7.78. The van der Waals surface area contributed by atoms with Gasteiger partial charge in [0.15, 0.2) is 6.29 Å². The molecule has 0 aliphatic carbocycles. The van der Waals surface area contributed by atoms with Gasteiger partial charge in [-0.1, -0.05) is 39.0 Å². The lowest BCUT2D eigenvalue weighted by atomic mass is 10.0. The maximum absolute atomic E-state index is 9.87. The summed E-state index contributed by atoms with van der Waals surface area (Å²) in [6, 6.07) is 0. The van der Waals surface area contributed by atoms with Crippen LogP contribution in [0.3, 0.4) is 0 Å². The number of aliphatic hydroxyl groups is 3. The molecular weight excluding hydrogens is 280 g/mol. The Kier molecular flexibility index (Phi) is 12.3. The van der Waals surface area contributed by atoms with Crippen LogP contribution < -0.4 is 0 Å². The third-order valence-corrected chi connectivity index (χ3v) is 3.05. The lowest BCUT2D eigenvalue weighted by Crippen LogP contribution is -2.18. The third-order valence-electron chi connectivity index (χ3n) is 3.05. The predicted octanol–water partition coefficient (Wildman–Crippen LogP) is 2.19. The van der Waals surface area contributed by atoms with Crippen LogP contribution in [0.15, 0.2) is 11.8 Å². The molecule has 2 unspecified atom stereocenters. The fourth-order valence-electron chi connectivity index (χ4n) is 1.88. The van der Waals surface area contributed by atoms with Gasteiger partial charge in [0.1, 0.15) is 5.76 Å². The SMILES string of the molecule is C#CC#CC=C(CC(O)CO)OC(O)CCCCCC(C)C. The van der Waals surface area contributed by atoms with Gasteiger partial charge in [0.05, 0.1) is 12.7 Å². The van der Waals surface area contributed by atoms with Gasteiger partial charge in [0, 0.05) is 18.9 Å². The van der Waals surface area contributed by atoms with E-state index in [4.69, 9.17) is 16.3 Å². The van der Waals surface area contributed by atoms with Crippen molar-refractivity contribution in [2.75, 3.05) is 6.61 Å². The lowest BCUT2D eigenvalue weighted by Gasteiger charge is -2.17. The van der Waals surface area contributed by atoms with Crippen LogP contribution in [0.25, 0.3) is 0 Å². The second-order valence-corrected chi connectivity index (χ2v) is 5.67. The molecule has 124 valence electrons. The van der Waals surface area contributed by atoms with E-state index in [1.807, 2.05) is 0 Å². The standard InChI is InChI=1S/C18H28O4/c1-4-5-7-11-17(13-16(20)14-19)22-18(21)12-9-6-8-10-15(2)3/h1,11,15-16,18-21H,6,8-10,12-14H2,2-3H3. The molecule has 0 saturated heterocycles. The van der Waals surface area contributed by atoms with Gasteiger partial charge in [-0.05, 0) is 24.2 Å². The molecule has 0 aromatic heterocycles. The van der Waals surface area contributed by atoms with Gasteiger partial charge in [-0.25, -0.2) is 0 Å². The largest absolute Gasteiger partial charge is 0.469 e. The summed E-state index contributed by atoms with van der Waals surface area (Å²) in [6.45, 7) is 4.01. The van der Waals surface area contributed by atoms with E-state index in [0.717, 1.165) is 19.3 Å². The molecule has 0 spiro atoms. The summed E-state index contributed by atoms with van der Waals surface area (Å²) in [5.41, 5.74) is 0. The monoisotopic (exact) mass is 308 g/mol. The number of allylic oxidation sites excluding steroid dienone is 1. The van der Waals surface area contributed by atoms with Crippen LogP contribution in [0.4, 0.5) is 0 Å². The van der Waals surface area contributed by atoms with Gasteiger partial charge in [-0.2, -0.15) is 0 Å². The Balaban J connectivity index is 4.23. The first-order valence-electron chi connectivity index (χ1n) is 7.78. The molecule has 3 N–H and O–H groups in total. The average Bonchev–Trinajstić information content (AvgIpc) is 2.46. The van der Waals surface area contributed by atoms with Gasteiger partial charge >= 0.3 is 0 Å². The molecule has 0 bridgehead atoms. The quantitative estimate of drug-likeness (QED) is 0.237. The zero-order chi connectivity index (χ0) is 16.8. The Morgan fingerprint density at radius 2 is 1.86 bits per heavy atom. The molecule has 0 aromatic rings. The van der Waals surface area contributed by atoms with E-state index in [9.17, 15) is 10.2 Å². The summed E-state index contributed by atoms with van der Waals surface area (Å²) >= 11 is 0. The number of hydrogen-bond donors (Lipinski definition) is 3. The second-order valence-electron chi connectivity index (χ2n) is 5.67. The normalized spacial score (nSPS) is 14.0. The Labute approximate surface area is 134 Å². The van der Waals surface area contributed by atoms with E-state index >= 15 is 0 Å². The van der Waals surface area contributed by atoms with Crippen LogP contribution in [-0.4, -0.2) is 34.3 Å². The summed E-state index contributed by atoms with van der Waals surface area (Å²) < 4.78 is 5.37. The summed E-state index contributed by atoms with van der Waals surface area (Å²) in [5, 5.41) is 28.2. The molecule has 0 heterocycles. The predicted molar refractivity (Wildman–Crippen MR) is 87.4 cm³/mol. The molecule has 0 radical (unpaired) electrons. The van der Waals surface area contributed by atoms with Crippen molar-refractivity contribution in [3.63, 3.8) is 0 Å². The molecule has 2 atom stereocenters. The summed E-state index contributed by atoms with van der Waals surface area (Å²) in [5.74, 6) is 8.17. The number of unbranched alkanes of at least 4 members (excludes halogenated alkanes) is 2. The molecule has 22 heavy (non-hydrogen) atoms. The van der Waals surface area contributed by atoms with Crippen molar-refractivity contribution in [3.05, 3.63) is 11.8 Å². The van der Waals surface area contributed by atoms with Crippen LogP contribution in [0.2, 0.25) is 0 Å².